The number of rotatable bonds is 7. The van der Waals surface area contributed by atoms with Gasteiger partial charge in [0.15, 0.2) is 0 Å². The standard InChI is InChI=1S/C14H26N2O3/c1-9(2)7-11(12(17)18)16-13(19)15-8-14(5-6-14)10(3)4/h9-11H,5-8H2,1-4H3,(H,17,18)(H2,15,16,19). The molecule has 0 aliphatic heterocycles. The zero-order valence-corrected chi connectivity index (χ0v) is 12.3. The van der Waals surface area contributed by atoms with E-state index in [4.69, 9.17) is 5.11 Å². The minimum atomic E-state index is -0.978. The minimum absolute atomic E-state index is 0.229. The second-order valence-electron chi connectivity index (χ2n) is 6.36. The molecule has 0 aromatic carbocycles. The molecule has 1 unspecified atom stereocenters. The summed E-state index contributed by atoms with van der Waals surface area (Å²) in [4.78, 5) is 22.8. The van der Waals surface area contributed by atoms with Crippen molar-refractivity contribution in [2.24, 2.45) is 17.3 Å². The number of hydrogen-bond donors (Lipinski definition) is 3. The summed E-state index contributed by atoms with van der Waals surface area (Å²) in [5, 5.41) is 14.4. The van der Waals surface area contributed by atoms with Crippen LogP contribution in [0.15, 0.2) is 0 Å². The van der Waals surface area contributed by atoms with Crippen molar-refractivity contribution in [1.29, 1.82) is 0 Å². The Balaban J connectivity index is 2.39. The molecule has 0 spiro atoms. The van der Waals surface area contributed by atoms with Crippen molar-refractivity contribution in [2.45, 2.75) is 53.0 Å². The highest BCUT2D eigenvalue weighted by Crippen LogP contribution is 2.51. The molecule has 2 amide bonds. The number of carbonyl (C=O) groups excluding carboxylic acids is 1. The van der Waals surface area contributed by atoms with Crippen molar-refractivity contribution in [2.75, 3.05) is 6.54 Å². The highest BCUT2D eigenvalue weighted by molar-refractivity contribution is 5.82. The number of carboxylic acids is 1. The summed E-state index contributed by atoms with van der Waals surface area (Å²) in [6.45, 7) is 8.82. The lowest BCUT2D eigenvalue weighted by Crippen LogP contribution is -2.48. The van der Waals surface area contributed by atoms with E-state index >= 15 is 0 Å². The van der Waals surface area contributed by atoms with Crippen molar-refractivity contribution in [1.82, 2.24) is 10.6 Å². The molecule has 110 valence electrons. The van der Waals surface area contributed by atoms with Gasteiger partial charge in [0.1, 0.15) is 6.04 Å². The highest BCUT2D eigenvalue weighted by atomic mass is 16.4. The lowest BCUT2D eigenvalue weighted by molar-refractivity contribution is -0.139. The van der Waals surface area contributed by atoms with Crippen LogP contribution in [0.2, 0.25) is 0 Å². The van der Waals surface area contributed by atoms with Crippen LogP contribution in [-0.2, 0) is 4.79 Å². The topological polar surface area (TPSA) is 78.4 Å². The number of amides is 2. The van der Waals surface area contributed by atoms with Crippen LogP contribution >= 0.6 is 0 Å². The molecule has 0 heterocycles. The van der Waals surface area contributed by atoms with Gasteiger partial charge in [-0.25, -0.2) is 9.59 Å². The Hall–Kier alpha value is -1.26. The van der Waals surface area contributed by atoms with Crippen LogP contribution in [0, 0.1) is 17.3 Å². The smallest absolute Gasteiger partial charge is 0.326 e. The third kappa shape index (κ3) is 4.73. The van der Waals surface area contributed by atoms with Gasteiger partial charge in [0, 0.05) is 6.54 Å². The maximum atomic E-state index is 11.8. The average molecular weight is 270 g/mol. The molecule has 1 aliphatic rings. The molecule has 0 radical (unpaired) electrons. The molecule has 1 fully saturated rings. The number of nitrogens with one attached hydrogen (secondary N) is 2. The van der Waals surface area contributed by atoms with Gasteiger partial charge in [-0.15, -0.1) is 0 Å². The Morgan fingerprint density at radius 2 is 1.79 bits per heavy atom. The largest absolute Gasteiger partial charge is 0.480 e. The van der Waals surface area contributed by atoms with Gasteiger partial charge in [0.2, 0.25) is 0 Å². The van der Waals surface area contributed by atoms with Crippen molar-refractivity contribution in [3.05, 3.63) is 0 Å². The predicted octanol–water partition coefficient (Wildman–Crippen LogP) is 2.22. The van der Waals surface area contributed by atoms with Crippen molar-refractivity contribution in [3.8, 4) is 0 Å². The first-order valence-corrected chi connectivity index (χ1v) is 7.04. The fraction of sp³-hybridized carbons (Fsp3) is 0.857. The molecule has 1 saturated carbocycles. The van der Waals surface area contributed by atoms with E-state index in [0.717, 1.165) is 12.8 Å². The van der Waals surface area contributed by atoms with E-state index in [-0.39, 0.29) is 17.4 Å². The van der Waals surface area contributed by atoms with Gasteiger partial charge in [0.25, 0.3) is 0 Å². The molecular weight excluding hydrogens is 244 g/mol. The Morgan fingerprint density at radius 1 is 1.21 bits per heavy atom. The van der Waals surface area contributed by atoms with E-state index < -0.39 is 12.0 Å². The van der Waals surface area contributed by atoms with Gasteiger partial charge in [-0.1, -0.05) is 27.7 Å². The molecule has 5 heteroatoms. The molecule has 19 heavy (non-hydrogen) atoms. The quantitative estimate of drug-likeness (QED) is 0.663. The molecule has 1 rings (SSSR count). The van der Waals surface area contributed by atoms with E-state index in [1.807, 2.05) is 13.8 Å². The van der Waals surface area contributed by atoms with Crippen molar-refractivity contribution in [3.63, 3.8) is 0 Å². The maximum absolute atomic E-state index is 11.8. The lowest BCUT2D eigenvalue weighted by atomic mass is 9.92. The van der Waals surface area contributed by atoms with E-state index in [1.165, 1.54) is 0 Å². The van der Waals surface area contributed by atoms with Crippen LogP contribution in [0.3, 0.4) is 0 Å². The van der Waals surface area contributed by atoms with E-state index in [1.54, 1.807) is 0 Å². The SMILES string of the molecule is CC(C)CC(NC(=O)NCC1(C(C)C)CC1)C(=O)O. The predicted molar refractivity (Wildman–Crippen MR) is 73.9 cm³/mol. The second-order valence-corrected chi connectivity index (χ2v) is 6.36. The van der Waals surface area contributed by atoms with Crippen LogP contribution in [0.25, 0.3) is 0 Å². The average Bonchev–Trinajstić information content (AvgIpc) is 3.05. The molecule has 0 aromatic heterocycles. The van der Waals surface area contributed by atoms with E-state index in [9.17, 15) is 9.59 Å². The number of hydrogen-bond acceptors (Lipinski definition) is 2. The van der Waals surface area contributed by atoms with Crippen LogP contribution in [0.1, 0.15) is 47.0 Å². The lowest BCUT2D eigenvalue weighted by Gasteiger charge is -2.22. The van der Waals surface area contributed by atoms with Gasteiger partial charge in [-0.3, -0.25) is 0 Å². The Labute approximate surface area is 115 Å². The molecule has 5 nitrogen and oxygen atoms in total. The van der Waals surface area contributed by atoms with E-state index in [2.05, 4.69) is 24.5 Å². The Morgan fingerprint density at radius 3 is 2.16 bits per heavy atom. The van der Waals surface area contributed by atoms with E-state index in [0.29, 0.717) is 18.9 Å². The third-order valence-corrected chi connectivity index (χ3v) is 4.03. The summed E-state index contributed by atoms with van der Waals surface area (Å²) in [6, 6.07) is -1.19. The third-order valence-electron chi connectivity index (χ3n) is 4.03. The molecule has 0 aromatic rings. The van der Waals surface area contributed by atoms with Crippen molar-refractivity contribution >= 4 is 12.0 Å². The number of carboxylic acid groups (broad SMARTS) is 1. The monoisotopic (exact) mass is 270 g/mol. The summed E-state index contributed by atoms with van der Waals surface area (Å²) < 4.78 is 0. The number of urea groups is 1. The normalized spacial score (nSPS) is 18.2. The minimum Gasteiger partial charge on any atom is -0.480 e. The molecule has 3 N–H and O–H groups in total. The Bertz CT molecular complexity index is 336. The number of carbonyl (C=O) groups is 2. The van der Waals surface area contributed by atoms with Crippen LogP contribution < -0.4 is 10.6 Å². The maximum Gasteiger partial charge on any atom is 0.326 e. The fourth-order valence-electron chi connectivity index (χ4n) is 2.28. The summed E-state index contributed by atoms with van der Waals surface area (Å²) in [6.07, 6.45) is 2.72. The summed E-state index contributed by atoms with van der Waals surface area (Å²) >= 11 is 0. The summed E-state index contributed by atoms with van der Waals surface area (Å²) in [5.74, 6) is -0.209. The Kier molecular flexibility index (Phi) is 5.20. The van der Waals surface area contributed by atoms with Gasteiger partial charge in [-0.05, 0) is 36.5 Å². The molecule has 0 saturated heterocycles. The summed E-state index contributed by atoms with van der Waals surface area (Å²) in [5.41, 5.74) is 0.230. The molecule has 0 bridgehead atoms. The van der Waals surface area contributed by atoms with Crippen LogP contribution in [0.4, 0.5) is 4.79 Å². The second kappa shape index (κ2) is 6.26. The van der Waals surface area contributed by atoms with Gasteiger partial charge in [0.05, 0.1) is 0 Å². The van der Waals surface area contributed by atoms with Gasteiger partial charge >= 0.3 is 12.0 Å². The van der Waals surface area contributed by atoms with Gasteiger partial charge in [-0.2, -0.15) is 0 Å². The summed E-state index contributed by atoms with van der Waals surface area (Å²) in [7, 11) is 0. The zero-order chi connectivity index (χ0) is 14.6. The number of aliphatic carboxylic acids is 1. The van der Waals surface area contributed by atoms with Crippen LogP contribution in [0.5, 0.6) is 0 Å². The molecular formula is C14H26N2O3. The first-order valence-electron chi connectivity index (χ1n) is 7.04. The molecule has 1 aliphatic carbocycles. The zero-order valence-electron chi connectivity index (χ0n) is 12.3. The highest BCUT2D eigenvalue weighted by Gasteiger charge is 2.45. The first kappa shape index (κ1) is 15.8. The fourth-order valence-corrected chi connectivity index (χ4v) is 2.28. The van der Waals surface area contributed by atoms with Gasteiger partial charge < -0.3 is 15.7 Å². The van der Waals surface area contributed by atoms with Crippen molar-refractivity contribution < 1.29 is 14.7 Å². The van der Waals surface area contributed by atoms with Crippen LogP contribution in [-0.4, -0.2) is 29.7 Å². The molecule has 1 atom stereocenters. The first-order chi connectivity index (χ1) is 8.77.